The van der Waals surface area contributed by atoms with Gasteiger partial charge in [0.15, 0.2) is 0 Å². The summed E-state index contributed by atoms with van der Waals surface area (Å²) in [4.78, 5) is 29.2. The van der Waals surface area contributed by atoms with Crippen molar-refractivity contribution in [3.05, 3.63) is 23.5 Å². The van der Waals surface area contributed by atoms with Crippen LogP contribution < -0.4 is 0 Å². The van der Waals surface area contributed by atoms with Crippen molar-refractivity contribution < 1.29 is 19.1 Å². The summed E-state index contributed by atoms with van der Waals surface area (Å²) in [5.41, 5.74) is 1.40. The van der Waals surface area contributed by atoms with E-state index in [0.29, 0.717) is 44.6 Å². The molecule has 1 saturated carbocycles. The maximum atomic E-state index is 12.8. The molecule has 26 heavy (non-hydrogen) atoms. The van der Waals surface area contributed by atoms with Gasteiger partial charge in [-0.2, -0.15) is 0 Å². The number of rotatable bonds is 2. The highest BCUT2D eigenvalue weighted by atomic mass is 16.5. The zero-order valence-corrected chi connectivity index (χ0v) is 15.3. The first-order chi connectivity index (χ1) is 12.5. The SMILES string of the molecule is Cc1cc(C(=O)N2CC3(C2)CN(C(=O)C2[C@H]4COC[C@@H]24)CCO3)cn1C. The molecule has 1 aromatic heterocycles. The van der Waals surface area contributed by atoms with Gasteiger partial charge in [0.25, 0.3) is 5.91 Å². The van der Waals surface area contributed by atoms with E-state index < -0.39 is 0 Å². The molecule has 1 spiro atoms. The lowest BCUT2D eigenvalue weighted by atomic mass is 9.90. The number of aromatic nitrogens is 1. The molecule has 0 radical (unpaired) electrons. The molecule has 4 heterocycles. The lowest BCUT2D eigenvalue weighted by Gasteiger charge is -2.53. The molecule has 4 fully saturated rings. The molecular weight excluding hydrogens is 334 g/mol. The number of morpholine rings is 1. The molecule has 2 amide bonds. The van der Waals surface area contributed by atoms with Crippen molar-refractivity contribution in [1.82, 2.24) is 14.4 Å². The smallest absolute Gasteiger partial charge is 0.255 e. The number of carbonyl (C=O) groups excluding carboxylic acids is 2. The van der Waals surface area contributed by atoms with Crippen molar-refractivity contribution in [2.45, 2.75) is 12.5 Å². The number of ether oxygens (including phenoxy) is 2. The van der Waals surface area contributed by atoms with Crippen molar-refractivity contribution in [2.24, 2.45) is 24.8 Å². The van der Waals surface area contributed by atoms with Crippen LogP contribution in [0.3, 0.4) is 0 Å². The number of carbonyl (C=O) groups is 2. The normalized spacial score (nSPS) is 31.7. The summed E-state index contributed by atoms with van der Waals surface area (Å²) in [6.45, 7) is 6.37. The summed E-state index contributed by atoms with van der Waals surface area (Å²) in [5.74, 6) is 1.32. The molecule has 3 saturated heterocycles. The summed E-state index contributed by atoms with van der Waals surface area (Å²) >= 11 is 0. The van der Waals surface area contributed by atoms with Crippen LogP contribution >= 0.6 is 0 Å². The second-order valence-electron chi connectivity index (χ2n) is 8.32. The van der Waals surface area contributed by atoms with Crippen molar-refractivity contribution in [3.8, 4) is 0 Å². The van der Waals surface area contributed by atoms with Crippen LogP contribution in [-0.2, 0) is 21.3 Å². The Labute approximate surface area is 152 Å². The van der Waals surface area contributed by atoms with Crippen LogP contribution in [-0.4, -0.2) is 77.8 Å². The number of nitrogens with zero attached hydrogens (tertiary/aromatic N) is 3. The third kappa shape index (κ3) is 2.41. The van der Waals surface area contributed by atoms with Crippen LogP contribution in [0.2, 0.25) is 0 Å². The van der Waals surface area contributed by atoms with Gasteiger partial charge >= 0.3 is 0 Å². The molecule has 0 bridgehead atoms. The van der Waals surface area contributed by atoms with Gasteiger partial charge in [0.1, 0.15) is 5.60 Å². The average Bonchev–Trinajstić information content (AvgIpc) is 2.90. The van der Waals surface area contributed by atoms with E-state index in [-0.39, 0.29) is 23.3 Å². The molecule has 1 unspecified atom stereocenters. The van der Waals surface area contributed by atoms with Crippen LogP contribution in [0.1, 0.15) is 16.1 Å². The minimum Gasteiger partial charge on any atom is -0.381 e. The second kappa shape index (κ2) is 5.57. The van der Waals surface area contributed by atoms with Crippen molar-refractivity contribution in [1.29, 1.82) is 0 Å². The Morgan fingerprint density at radius 1 is 1.15 bits per heavy atom. The largest absolute Gasteiger partial charge is 0.381 e. The van der Waals surface area contributed by atoms with Gasteiger partial charge in [-0.15, -0.1) is 0 Å². The first-order valence-corrected chi connectivity index (χ1v) is 9.40. The first kappa shape index (κ1) is 16.3. The van der Waals surface area contributed by atoms with Gasteiger partial charge in [0.05, 0.1) is 45.0 Å². The predicted molar refractivity (Wildman–Crippen MR) is 92.6 cm³/mol. The third-order valence-electron chi connectivity index (χ3n) is 6.54. The summed E-state index contributed by atoms with van der Waals surface area (Å²) in [6.07, 6.45) is 1.87. The second-order valence-corrected chi connectivity index (χ2v) is 8.32. The maximum Gasteiger partial charge on any atom is 0.255 e. The maximum absolute atomic E-state index is 12.8. The molecule has 0 N–H and O–H groups in total. The van der Waals surface area contributed by atoms with Gasteiger partial charge in [-0.05, 0) is 24.8 Å². The molecule has 0 aromatic carbocycles. The van der Waals surface area contributed by atoms with E-state index in [1.54, 1.807) is 0 Å². The van der Waals surface area contributed by atoms with Gasteiger partial charge in [-0.1, -0.05) is 0 Å². The Kier molecular flexibility index (Phi) is 3.49. The van der Waals surface area contributed by atoms with Crippen LogP contribution in [0.25, 0.3) is 0 Å². The monoisotopic (exact) mass is 359 g/mol. The molecule has 7 nitrogen and oxygen atoms in total. The Bertz CT molecular complexity index is 737. The topological polar surface area (TPSA) is 64.0 Å². The Morgan fingerprint density at radius 2 is 1.85 bits per heavy atom. The average molecular weight is 359 g/mol. The summed E-state index contributed by atoms with van der Waals surface area (Å²) in [7, 11) is 1.94. The predicted octanol–water partition coefficient (Wildman–Crippen LogP) is 0.279. The number of likely N-dealkylation sites (tertiary alicyclic amines) is 1. The molecular formula is C19H25N3O4. The first-order valence-electron chi connectivity index (χ1n) is 9.40. The fraction of sp³-hybridized carbons (Fsp3) is 0.684. The zero-order valence-electron chi connectivity index (χ0n) is 15.3. The molecule has 5 rings (SSSR count). The minimum atomic E-state index is -0.381. The molecule has 1 aliphatic carbocycles. The summed E-state index contributed by atoms with van der Waals surface area (Å²) in [5, 5.41) is 0. The van der Waals surface area contributed by atoms with Crippen molar-refractivity contribution in [2.75, 3.05) is 46.0 Å². The van der Waals surface area contributed by atoms with E-state index in [9.17, 15) is 9.59 Å². The van der Waals surface area contributed by atoms with Gasteiger partial charge in [0.2, 0.25) is 5.91 Å². The molecule has 140 valence electrons. The van der Waals surface area contributed by atoms with E-state index in [4.69, 9.17) is 9.47 Å². The van der Waals surface area contributed by atoms with Crippen LogP contribution in [0.5, 0.6) is 0 Å². The lowest BCUT2D eigenvalue weighted by Crippen LogP contribution is -2.71. The Morgan fingerprint density at radius 3 is 2.50 bits per heavy atom. The zero-order chi connectivity index (χ0) is 18.1. The third-order valence-corrected chi connectivity index (χ3v) is 6.54. The van der Waals surface area contributed by atoms with Gasteiger partial charge < -0.3 is 23.8 Å². The van der Waals surface area contributed by atoms with E-state index in [1.165, 1.54) is 0 Å². The fourth-order valence-corrected chi connectivity index (χ4v) is 4.81. The van der Waals surface area contributed by atoms with Crippen LogP contribution in [0.4, 0.5) is 0 Å². The van der Waals surface area contributed by atoms with Crippen LogP contribution in [0.15, 0.2) is 12.3 Å². The number of aryl methyl sites for hydroxylation is 2. The summed E-state index contributed by atoms with van der Waals surface area (Å²) in [6, 6.07) is 1.92. The van der Waals surface area contributed by atoms with E-state index in [2.05, 4.69) is 0 Å². The Hall–Kier alpha value is -1.86. The van der Waals surface area contributed by atoms with Gasteiger partial charge in [-0.3, -0.25) is 9.59 Å². The fourth-order valence-electron chi connectivity index (χ4n) is 4.81. The standard InChI is InChI=1S/C19H25N3O4/c1-12-5-13(6-20(12)2)17(23)22-10-19(11-22)9-21(3-4-26-19)18(24)16-14-7-25-8-15(14)16/h5-6,14-16H,3-4,7-11H2,1-2H3/t14-,15+,16?. The van der Waals surface area contributed by atoms with E-state index >= 15 is 0 Å². The van der Waals surface area contributed by atoms with Gasteiger partial charge in [-0.25, -0.2) is 0 Å². The number of hydrogen-bond donors (Lipinski definition) is 0. The van der Waals surface area contributed by atoms with Gasteiger partial charge in [0, 0.05) is 31.4 Å². The molecule has 3 aliphatic heterocycles. The number of amides is 2. The van der Waals surface area contributed by atoms with Crippen molar-refractivity contribution in [3.63, 3.8) is 0 Å². The highest BCUT2D eigenvalue weighted by Gasteiger charge is 2.60. The van der Waals surface area contributed by atoms with Crippen molar-refractivity contribution >= 4 is 11.8 Å². The highest BCUT2D eigenvalue weighted by Crippen LogP contribution is 2.51. The number of hydrogen-bond acceptors (Lipinski definition) is 4. The highest BCUT2D eigenvalue weighted by molar-refractivity contribution is 5.95. The molecule has 3 atom stereocenters. The molecule has 7 heteroatoms. The minimum absolute atomic E-state index is 0.0419. The van der Waals surface area contributed by atoms with E-state index in [1.807, 2.05) is 40.6 Å². The molecule has 4 aliphatic rings. The lowest BCUT2D eigenvalue weighted by molar-refractivity contribution is -0.181. The summed E-state index contributed by atoms with van der Waals surface area (Å²) < 4.78 is 13.4. The quantitative estimate of drug-likeness (QED) is 0.761. The molecule has 1 aromatic rings. The Balaban J connectivity index is 1.21. The number of fused-ring (bicyclic) bond motifs is 1. The van der Waals surface area contributed by atoms with Crippen LogP contribution in [0, 0.1) is 24.7 Å². The van der Waals surface area contributed by atoms with E-state index in [0.717, 1.165) is 24.5 Å².